The zero-order valence-electron chi connectivity index (χ0n) is 11.5. The molecule has 0 spiro atoms. The third-order valence-electron chi connectivity index (χ3n) is 3.43. The number of hydrogen-bond acceptors (Lipinski definition) is 5. The van der Waals surface area contributed by atoms with E-state index in [1.807, 2.05) is 0 Å². The lowest BCUT2D eigenvalue weighted by Crippen LogP contribution is -2.34. The summed E-state index contributed by atoms with van der Waals surface area (Å²) >= 11 is 0. The number of carboxylic acids is 1. The van der Waals surface area contributed by atoms with E-state index in [2.05, 4.69) is 0 Å². The summed E-state index contributed by atoms with van der Waals surface area (Å²) in [5, 5.41) is 20.1. The molecule has 1 heterocycles. The molecule has 0 radical (unpaired) electrons. The first-order valence-electron chi connectivity index (χ1n) is 6.41. The van der Waals surface area contributed by atoms with Gasteiger partial charge in [0.15, 0.2) is 0 Å². The maximum Gasteiger partial charge on any atom is 0.335 e. The van der Waals surface area contributed by atoms with Gasteiger partial charge in [0.1, 0.15) is 5.69 Å². The minimum atomic E-state index is -1.23. The van der Waals surface area contributed by atoms with Gasteiger partial charge in [-0.1, -0.05) is 0 Å². The van der Waals surface area contributed by atoms with E-state index in [4.69, 9.17) is 5.11 Å². The molecule has 21 heavy (non-hydrogen) atoms. The van der Waals surface area contributed by atoms with Crippen LogP contribution in [0.1, 0.15) is 16.8 Å². The van der Waals surface area contributed by atoms with Gasteiger partial charge in [-0.3, -0.25) is 14.9 Å². The number of nitro benzene ring substituents is 1. The van der Waals surface area contributed by atoms with Crippen LogP contribution in [-0.2, 0) is 4.79 Å². The van der Waals surface area contributed by atoms with Gasteiger partial charge in [-0.15, -0.1) is 0 Å². The highest BCUT2D eigenvalue weighted by Crippen LogP contribution is 2.30. The zero-order chi connectivity index (χ0) is 15.6. The predicted molar refractivity (Wildman–Crippen MR) is 74.5 cm³/mol. The highest BCUT2D eigenvalue weighted by atomic mass is 16.6. The minimum absolute atomic E-state index is 0.0454. The molecule has 1 fully saturated rings. The summed E-state index contributed by atoms with van der Waals surface area (Å²) in [6, 6.07) is 3.72. The van der Waals surface area contributed by atoms with Gasteiger partial charge < -0.3 is 14.9 Å². The lowest BCUT2D eigenvalue weighted by molar-refractivity contribution is -0.384. The number of anilines is 1. The molecule has 8 nitrogen and oxygen atoms in total. The van der Waals surface area contributed by atoms with E-state index >= 15 is 0 Å². The van der Waals surface area contributed by atoms with Crippen LogP contribution < -0.4 is 4.90 Å². The van der Waals surface area contributed by atoms with Gasteiger partial charge in [0.25, 0.3) is 5.69 Å². The van der Waals surface area contributed by atoms with Gasteiger partial charge in [0, 0.05) is 26.2 Å². The summed E-state index contributed by atoms with van der Waals surface area (Å²) in [5.41, 5.74) is -0.176. The first-order chi connectivity index (χ1) is 9.90. The number of carbonyl (C=O) groups excluding carboxylic acids is 1. The van der Waals surface area contributed by atoms with Crippen LogP contribution in [0.15, 0.2) is 18.2 Å². The van der Waals surface area contributed by atoms with Gasteiger partial charge in [0.05, 0.1) is 17.0 Å². The van der Waals surface area contributed by atoms with Crippen LogP contribution in [-0.4, -0.2) is 53.5 Å². The Labute approximate surface area is 120 Å². The van der Waals surface area contributed by atoms with Crippen molar-refractivity contribution in [1.29, 1.82) is 0 Å². The number of hydrogen-bond donors (Lipinski definition) is 1. The second-order valence-corrected chi connectivity index (χ2v) is 4.86. The second-order valence-electron chi connectivity index (χ2n) is 4.86. The van der Waals surface area contributed by atoms with Crippen LogP contribution in [0, 0.1) is 10.1 Å². The highest BCUT2D eigenvalue weighted by Gasteiger charge is 2.26. The van der Waals surface area contributed by atoms with E-state index in [-0.39, 0.29) is 29.4 Å². The molecule has 1 amide bonds. The van der Waals surface area contributed by atoms with Gasteiger partial charge >= 0.3 is 5.97 Å². The summed E-state index contributed by atoms with van der Waals surface area (Å²) in [6.07, 6.45) is 0.695. The van der Waals surface area contributed by atoms with Crippen molar-refractivity contribution in [1.82, 2.24) is 4.90 Å². The molecule has 1 N–H and O–H groups in total. The van der Waals surface area contributed by atoms with Crippen molar-refractivity contribution < 1.29 is 19.6 Å². The molecule has 0 aliphatic carbocycles. The average molecular weight is 293 g/mol. The van der Waals surface area contributed by atoms with Gasteiger partial charge in [-0.2, -0.15) is 0 Å². The Bertz CT molecular complexity index is 601. The Morgan fingerprint density at radius 1 is 1.38 bits per heavy atom. The number of aromatic carboxylic acids is 1. The third kappa shape index (κ3) is 3.10. The van der Waals surface area contributed by atoms with Gasteiger partial charge in [0.2, 0.25) is 5.91 Å². The van der Waals surface area contributed by atoms with Crippen molar-refractivity contribution in [3.05, 3.63) is 33.9 Å². The monoisotopic (exact) mass is 293 g/mol. The molecule has 0 unspecified atom stereocenters. The second kappa shape index (κ2) is 5.78. The SMILES string of the molecule is CN1CCCN(c2ccc(C(=O)O)cc2[N+](=O)[O-])CC1=O. The maximum atomic E-state index is 11.9. The molecular formula is C13H15N3O5. The number of amides is 1. The van der Waals surface area contributed by atoms with Crippen molar-refractivity contribution in [2.24, 2.45) is 0 Å². The standard InChI is InChI=1S/C13H15N3O5/c1-14-5-2-6-15(8-12(14)17)10-4-3-9(13(18)19)7-11(10)16(20)21/h3-4,7H,2,5-6,8H2,1H3,(H,18,19). The Kier molecular flexibility index (Phi) is 4.06. The largest absolute Gasteiger partial charge is 0.478 e. The molecule has 0 atom stereocenters. The summed E-state index contributed by atoms with van der Waals surface area (Å²) in [7, 11) is 1.69. The summed E-state index contributed by atoms with van der Waals surface area (Å²) in [4.78, 5) is 36.5. The number of nitrogens with zero attached hydrogens (tertiary/aromatic N) is 3. The topological polar surface area (TPSA) is 104 Å². The first kappa shape index (κ1) is 14.8. The molecule has 2 rings (SSSR count). The first-order valence-corrected chi connectivity index (χ1v) is 6.41. The molecule has 1 saturated heterocycles. The zero-order valence-corrected chi connectivity index (χ0v) is 11.5. The lowest BCUT2D eigenvalue weighted by Gasteiger charge is -2.21. The van der Waals surface area contributed by atoms with E-state index in [0.717, 1.165) is 6.07 Å². The summed E-state index contributed by atoms with van der Waals surface area (Å²) in [6.45, 7) is 1.14. The average Bonchev–Trinajstić information content (AvgIpc) is 2.60. The third-order valence-corrected chi connectivity index (χ3v) is 3.43. The van der Waals surface area contributed by atoms with Gasteiger partial charge in [-0.05, 0) is 18.6 Å². The number of carboxylic acid groups (broad SMARTS) is 1. The fourth-order valence-electron chi connectivity index (χ4n) is 2.26. The molecule has 8 heteroatoms. The Morgan fingerprint density at radius 2 is 2.10 bits per heavy atom. The van der Waals surface area contributed by atoms with Crippen LogP contribution >= 0.6 is 0 Å². The maximum absolute atomic E-state index is 11.9. The highest BCUT2D eigenvalue weighted by molar-refractivity contribution is 5.90. The van der Waals surface area contributed by atoms with E-state index in [9.17, 15) is 19.7 Å². The quantitative estimate of drug-likeness (QED) is 0.657. The van der Waals surface area contributed by atoms with Crippen molar-refractivity contribution >= 4 is 23.3 Å². The normalized spacial score (nSPS) is 15.8. The molecule has 0 aromatic heterocycles. The molecular weight excluding hydrogens is 278 g/mol. The lowest BCUT2D eigenvalue weighted by atomic mass is 10.1. The number of likely N-dealkylation sites (N-methyl/N-ethyl adjacent to an activating group) is 1. The van der Waals surface area contributed by atoms with Gasteiger partial charge in [-0.25, -0.2) is 4.79 Å². The molecule has 0 bridgehead atoms. The van der Waals surface area contributed by atoms with Crippen molar-refractivity contribution in [3.8, 4) is 0 Å². The smallest absolute Gasteiger partial charge is 0.335 e. The number of benzene rings is 1. The van der Waals surface area contributed by atoms with Crippen LogP contribution in [0.2, 0.25) is 0 Å². The minimum Gasteiger partial charge on any atom is -0.478 e. The van der Waals surface area contributed by atoms with Crippen molar-refractivity contribution in [3.63, 3.8) is 0 Å². The molecule has 112 valence electrons. The molecule has 1 aliphatic heterocycles. The van der Waals surface area contributed by atoms with Crippen molar-refractivity contribution in [2.75, 3.05) is 31.6 Å². The number of rotatable bonds is 3. The van der Waals surface area contributed by atoms with Crippen LogP contribution in [0.25, 0.3) is 0 Å². The Balaban J connectivity index is 2.40. The van der Waals surface area contributed by atoms with E-state index < -0.39 is 10.9 Å². The molecule has 0 saturated carbocycles. The number of carbonyl (C=O) groups is 2. The Morgan fingerprint density at radius 3 is 2.71 bits per heavy atom. The van der Waals surface area contributed by atoms with E-state index in [1.165, 1.54) is 12.1 Å². The van der Waals surface area contributed by atoms with Crippen LogP contribution in [0.3, 0.4) is 0 Å². The molecule has 1 aromatic carbocycles. The van der Waals surface area contributed by atoms with E-state index in [0.29, 0.717) is 19.5 Å². The van der Waals surface area contributed by atoms with Crippen molar-refractivity contribution in [2.45, 2.75) is 6.42 Å². The van der Waals surface area contributed by atoms with E-state index in [1.54, 1.807) is 16.8 Å². The molecule has 1 aliphatic rings. The van der Waals surface area contributed by atoms with Crippen LogP contribution in [0.4, 0.5) is 11.4 Å². The summed E-state index contributed by atoms with van der Waals surface area (Å²) in [5.74, 6) is -1.35. The fourth-order valence-corrected chi connectivity index (χ4v) is 2.26. The summed E-state index contributed by atoms with van der Waals surface area (Å²) < 4.78 is 0. The Hall–Kier alpha value is -2.64. The number of nitro groups is 1. The predicted octanol–water partition coefficient (Wildman–Crippen LogP) is 0.961. The van der Waals surface area contributed by atoms with Crippen LogP contribution in [0.5, 0.6) is 0 Å². The fraction of sp³-hybridized carbons (Fsp3) is 0.385. The molecule has 1 aromatic rings.